The van der Waals surface area contributed by atoms with Crippen molar-refractivity contribution in [1.82, 2.24) is 10.6 Å². The Hall–Kier alpha value is -4.45. The van der Waals surface area contributed by atoms with E-state index in [1.165, 1.54) is 0 Å². The second-order valence-corrected chi connectivity index (χ2v) is 7.47. The third-order valence-electron chi connectivity index (χ3n) is 5.15. The minimum Gasteiger partial charge on any atom is -0.350 e. The summed E-state index contributed by atoms with van der Waals surface area (Å²) in [6, 6.07) is 29.0. The Balaban J connectivity index is 1.27. The van der Waals surface area contributed by atoms with Crippen LogP contribution in [0.5, 0.6) is 0 Å². The predicted octanol–water partition coefficient (Wildman–Crippen LogP) is 4.25. The number of amides is 3. The lowest BCUT2D eigenvalue weighted by atomic mass is 10.1. The highest BCUT2D eigenvalue weighted by atomic mass is 16.2. The Labute approximate surface area is 191 Å². The number of fused-ring (bicyclic) bond motifs is 1. The molecule has 0 atom stereocenters. The third kappa shape index (κ3) is 5.62. The quantitative estimate of drug-likeness (QED) is 0.378. The molecule has 6 heteroatoms. The molecule has 0 aliphatic carbocycles. The van der Waals surface area contributed by atoms with Gasteiger partial charge in [0.1, 0.15) is 0 Å². The normalized spacial score (nSPS) is 10.4. The maximum atomic E-state index is 12.6. The van der Waals surface area contributed by atoms with E-state index in [0.29, 0.717) is 35.5 Å². The van der Waals surface area contributed by atoms with Gasteiger partial charge in [0, 0.05) is 35.5 Å². The molecular formula is C27H23N3O3. The van der Waals surface area contributed by atoms with E-state index >= 15 is 0 Å². The zero-order valence-electron chi connectivity index (χ0n) is 17.9. The van der Waals surface area contributed by atoms with Gasteiger partial charge < -0.3 is 16.0 Å². The van der Waals surface area contributed by atoms with Gasteiger partial charge in [-0.2, -0.15) is 0 Å². The molecule has 4 rings (SSSR count). The molecule has 3 amide bonds. The standard InChI is InChI=1S/C27H23N3O3/c31-25(20-7-2-1-3-8-20)28-16-17-29-26(32)21-12-14-24(15-13-21)30-27(33)23-11-10-19-6-4-5-9-22(19)18-23/h1-15,18H,16-17H2,(H,28,31)(H,29,32)(H,30,33). The molecule has 4 aromatic carbocycles. The summed E-state index contributed by atoms with van der Waals surface area (Å²) in [6.07, 6.45) is 0. The predicted molar refractivity (Wildman–Crippen MR) is 129 cm³/mol. The van der Waals surface area contributed by atoms with E-state index in [1.54, 1.807) is 54.6 Å². The van der Waals surface area contributed by atoms with Crippen molar-refractivity contribution in [2.75, 3.05) is 18.4 Å². The number of benzene rings is 4. The molecule has 33 heavy (non-hydrogen) atoms. The van der Waals surface area contributed by atoms with Gasteiger partial charge in [-0.05, 0) is 59.3 Å². The third-order valence-corrected chi connectivity index (χ3v) is 5.15. The average Bonchev–Trinajstić information content (AvgIpc) is 2.87. The second kappa shape index (κ2) is 10.2. The minimum atomic E-state index is -0.253. The van der Waals surface area contributed by atoms with Crippen LogP contribution in [0.15, 0.2) is 97.1 Å². The van der Waals surface area contributed by atoms with E-state index < -0.39 is 0 Å². The molecule has 6 nitrogen and oxygen atoms in total. The number of rotatable bonds is 7. The maximum Gasteiger partial charge on any atom is 0.255 e. The van der Waals surface area contributed by atoms with Gasteiger partial charge in [-0.3, -0.25) is 14.4 Å². The van der Waals surface area contributed by atoms with E-state index in [9.17, 15) is 14.4 Å². The fraction of sp³-hybridized carbons (Fsp3) is 0.0741. The van der Waals surface area contributed by atoms with Crippen molar-refractivity contribution in [2.45, 2.75) is 0 Å². The summed E-state index contributed by atoms with van der Waals surface area (Å²) in [5.41, 5.74) is 2.20. The smallest absolute Gasteiger partial charge is 0.255 e. The van der Waals surface area contributed by atoms with Crippen LogP contribution < -0.4 is 16.0 Å². The minimum absolute atomic E-state index is 0.184. The van der Waals surface area contributed by atoms with Crippen molar-refractivity contribution in [1.29, 1.82) is 0 Å². The van der Waals surface area contributed by atoms with E-state index in [-0.39, 0.29) is 17.7 Å². The monoisotopic (exact) mass is 437 g/mol. The zero-order valence-corrected chi connectivity index (χ0v) is 17.9. The largest absolute Gasteiger partial charge is 0.350 e. The van der Waals surface area contributed by atoms with Crippen LogP contribution in [0.1, 0.15) is 31.1 Å². The highest BCUT2D eigenvalue weighted by Crippen LogP contribution is 2.17. The molecule has 0 bridgehead atoms. The molecule has 0 heterocycles. The topological polar surface area (TPSA) is 87.3 Å². The van der Waals surface area contributed by atoms with Gasteiger partial charge in [0.25, 0.3) is 17.7 Å². The number of nitrogens with one attached hydrogen (secondary N) is 3. The number of hydrogen-bond acceptors (Lipinski definition) is 3. The lowest BCUT2D eigenvalue weighted by Crippen LogP contribution is -2.34. The second-order valence-electron chi connectivity index (χ2n) is 7.47. The van der Waals surface area contributed by atoms with Gasteiger partial charge in [-0.1, -0.05) is 48.5 Å². The van der Waals surface area contributed by atoms with Gasteiger partial charge in [0.05, 0.1) is 0 Å². The van der Waals surface area contributed by atoms with Crippen molar-refractivity contribution in [3.05, 3.63) is 114 Å². The van der Waals surface area contributed by atoms with Crippen molar-refractivity contribution in [3.8, 4) is 0 Å². The van der Waals surface area contributed by atoms with Crippen LogP contribution >= 0.6 is 0 Å². The number of carbonyl (C=O) groups excluding carboxylic acids is 3. The molecule has 0 fully saturated rings. The Kier molecular flexibility index (Phi) is 6.75. The van der Waals surface area contributed by atoms with E-state index in [0.717, 1.165) is 10.8 Å². The highest BCUT2D eigenvalue weighted by Gasteiger charge is 2.09. The SMILES string of the molecule is O=C(NCCNC(=O)c1ccc(NC(=O)c2ccc3ccccc3c2)cc1)c1ccccc1. The molecule has 3 N–H and O–H groups in total. The van der Waals surface area contributed by atoms with Crippen LogP contribution in [-0.4, -0.2) is 30.8 Å². The van der Waals surface area contributed by atoms with Gasteiger partial charge in [0.2, 0.25) is 0 Å². The summed E-state index contributed by atoms with van der Waals surface area (Å²) in [7, 11) is 0. The van der Waals surface area contributed by atoms with Gasteiger partial charge >= 0.3 is 0 Å². The summed E-state index contributed by atoms with van der Waals surface area (Å²) >= 11 is 0. The molecule has 0 aliphatic rings. The van der Waals surface area contributed by atoms with Crippen LogP contribution in [0.4, 0.5) is 5.69 Å². The molecule has 0 spiro atoms. The fourth-order valence-electron chi connectivity index (χ4n) is 3.38. The van der Waals surface area contributed by atoms with Crippen LogP contribution in [-0.2, 0) is 0 Å². The fourth-order valence-corrected chi connectivity index (χ4v) is 3.38. The lowest BCUT2D eigenvalue weighted by Gasteiger charge is -2.09. The van der Waals surface area contributed by atoms with Crippen molar-refractivity contribution < 1.29 is 14.4 Å². The summed E-state index contributed by atoms with van der Waals surface area (Å²) < 4.78 is 0. The van der Waals surface area contributed by atoms with Gasteiger partial charge in [-0.25, -0.2) is 0 Å². The maximum absolute atomic E-state index is 12.6. The molecule has 0 aliphatic heterocycles. The highest BCUT2D eigenvalue weighted by molar-refractivity contribution is 6.06. The first-order valence-corrected chi connectivity index (χ1v) is 10.6. The van der Waals surface area contributed by atoms with E-state index in [4.69, 9.17) is 0 Å². The molecule has 4 aromatic rings. The number of anilines is 1. The summed E-state index contributed by atoms with van der Waals surface area (Å²) in [6.45, 7) is 0.622. The molecule has 0 saturated carbocycles. The average molecular weight is 437 g/mol. The lowest BCUT2D eigenvalue weighted by molar-refractivity contribution is 0.0927. The Bertz CT molecular complexity index is 1290. The number of carbonyl (C=O) groups is 3. The molecule has 0 radical (unpaired) electrons. The molecule has 0 saturated heterocycles. The Morgan fingerprint density at radius 1 is 0.515 bits per heavy atom. The molecule has 164 valence electrons. The van der Waals surface area contributed by atoms with Gasteiger partial charge in [-0.15, -0.1) is 0 Å². The molecule has 0 aromatic heterocycles. The summed E-state index contributed by atoms with van der Waals surface area (Å²) in [4.78, 5) is 36.9. The Morgan fingerprint density at radius 2 is 1.06 bits per heavy atom. The first-order chi connectivity index (χ1) is 16.1. The molecule has 0 unspecified atom stereocenters. The van der Waals surface area contributed by atoms with Crippen molar-refractivity contribution in [3.63, 3.8) is 0 Å². The van der Waals surface area contributed by atoms with Gasteiger partial charge in [0.15, 0.2) is 0 Å². The van der Waals surface area contributed by atoms with Crippen molar-refractivity contribution >= 4 is 34.2 Å². The van der Waals surface area contributed by atoms with Crippen LogP contribution in [0.2, 0.25) is 0 Å². The first-order valence-electron chi connectivity index (χ1n) is 10.6. The first kappa shape index (κ1) is 21.8. The summed E-state index contributed by atoms with van der Waals surface area (Å²) in [5, 5.41) is 10.5. The van der Waals surface area contributed by atoms with Crippen LogP contribution in [0.25, 0.3) is 10.8 Å². The summed E-state index contributed by atoms with van der Waals surface area (Å²) in [5.74, 6) is -0.653. The number of hydrogen-bond donors (Lipinski definition) is 3. The van der Waals surface area contributed by atoms with E-state index in [2.05, 4.69) is 16.0 Å². The van der Waals surface area contributed by atoms with Crippen LogP contribution in [0.3, 0.4) is 0 Å². The zero-order chi connectivity index (χ0) is 23.0. The van der Waals surface area contributed by atoms with E-state index in [1.807, 2.05) is 42.5 Å². The van der Waals surface area contributed by atoms with Crippen LogP contribution in [0, 0.1) is 0 Å². The Morgan fingerprint density at radius 3 is 1.73 bits per heavy atom. The molecular weight excluding hydrogens is 414 g/mol. The van der Waals surface area contributed by atoms with Crippen molar-refractivity contribution in [2.24, 2.45) is 0 Å².